The summed E-state index contributed by atoms with van der Waals surface area (Å²) in [5.41, 5.74) is 1.67. The maximum Gasteiger partial charge on any atom is 0.227 e. The molecule has 0 aliphatic heterocycles. The highest BCUT2D eigenvalue weighted by atomic mass is 32.1. The highest BCUT2D eigenvalue weighted by Gasteiger charge is 2.14. The molecule has 0 amide bonds. The number of hydrogen-bond donors (Lipinski definition) is 0. The maximum absolute atomic E-state index is 5.26. The molecule has 0 radical (unpaired) electrons. The minimum atomic E-state index is 0.408. The van der Waals surface area contributed by atoms with Gasteiger partial charge in [0.1, 0.15) is 11.5 Å². The summed E-state index contributed by atoms with van der Waals surface area (Å²) in [6.07, 6.45) is 1.35. The van der Waals surface area contributed by atoms with Gasteiger partial charge >= 0.3 is 0 Å². The molecule has 0 unspecified atom stereocenters. The van der Waals surface area contributed by atoms with Crippen LogP contribution >= 0.6 is 11.3 Å². The zero-order valence-electron chi connectivity index (χ0n) is 12.2. The molecule has 0 aliphatic rings. The van der Waals surface area contributed by atoms with Crippen LogP contribution in [0.2, 0.25) is 0 Å². The number of aromatic nitrogens is 4. The van der Waals surface area contributed by atoms with Crippen LogP contribution in [0, 0.1) is 6.92 Å². The molecule has 0 fully saturated rings. The van der Waals surface area contributed by atoms with E-state index >= 15 is 0 Å². The Kier molecular flexibility index (Phi) is 3.83. The molecule has 0 spiro atoms. The first-order valence-electron chi connectivity index (χ1n) is 6.82. The molecular formula is C14H16N4O2S. The first-order chi connectivity index (χ1) is 10.1. The highest BCUT2D eigenvalue weighted by molar-refractivity contribution is 7.10. The first-order valence-corrected chi connectivity index (χ1v) is 7.70. The van der Waals surface area contributed by atoms with Gasteiger partial charge in [-0.05, 0) is 6.92 Å². The fraction of sp³-hybridized carbons (Fsp3) is 0.429. The van der Waals surface area contributed by atoms with Gasteiger partial charge in [-0.15, -0.1) is 11.3 Å². The van der Waals surface area contributed by atoms with Crippen molar-refractivity contribution in [3.05, 3.63) is 33.8 Å². The second-order valence-corrected chi connectivity index (χ2v) is 6.06. The number of aryl methyl sites for hydroxylation is 3. The fourth-order valence-corrected chi connectivity index (χ4v) is 2.70. The maximum atomic E-state index is 5.26. The molecule has 0 N–H and O–H groups in total. The largest absolute Gasteiger partial charge is 0.361 e. The van der Waals surface area contributed by atoms with Crippen molar-refractivity contribution in [3.63, 3.8) is 0 Å². The summed E-state index contributed by atoms with van der Waals surface area (Å²) in [4.78, 5) is 8.90. The van der Waals surface area contributed by atoms with Crippen molar-refractivity contribution in [2.75, 3.05) is 0 Å². The molecule has 3 aromatic heterocycles. The Morgan fingerprint density at radius 1 is 1.14 bits per heavy atom. The van der Waals surface area contributed by atoms with Crippen molar-refractivity contribution in [2.45, 2.75) is 39.5 Å². The molecule has 0 saturated carbocycles. The SMILES string of the molecule is Cc1cc(CCc2nc(-c3csc(C(C)C)n3)no2)no1. The lowest BCUT2D eigenvalue weighted by molar-refractivity contribution is 0.372. The average Bonchev–Trinajstić information content (AvgIpc) is 3.16. The van der Waals surface area contributed by atoms with Gasteiger partial charge in [0, 0.05) is 30.2 Å². The average molecular weight is 304 g/mol. The summed E-state index contributed by atoms with van der Waals surface area (Å²) < 4.78 is 10.3. The topological polar surface area (TPSA) is 77.8 Å². The molecule has 3 aromatic rings. The molecule has 0 atom stereocenters. The lowest BCUT2D eigenvalue weighted by atomic mass is 10.2. The van der Waals surface area contributed by atoms with Crippen molar-refractivity contribution in [2.24, 2.45) is 0 Å². The molecule has 7 heteroatoms. The van der Waals surface area contributed by atoms with E-state index in [2.05, 4.69) is 34.1 Å². The van der Waals surface area contributed by atoms with Crippen LogP contribution in [0.3, 0.4) is 0 Å². The smallest absolute Gasteiger partial charge is 0.227 e. The van der Waals surface area contributed by atoms with Crippen molar-refractivity contribution in [3.8, 4) is 11.5 Å². The quantitative estimate of drug-likeness (QED) is 0.719. The predicted octanol–water partition coefficient (Wildman–Crippen LogP) is 3.40. The third kappa shape index (κ3) is 3.18. The molecule has 3 heterocycles. The molecule has 110 valence electrons. The van der Waals surface area contributed by atoms with Gasteiger partial charge in [-0.3, -0.25) is 0 Å². The van der Waals surface area contributed by atoms with Crippen LogP contribution in [0.5, 0.6) is 0 Å². The predicted molar refractivity (Wildman–Crippen MR) is 78.1 cm³/mol. The minimum absolute atomic E-state index is 0.408. The first kappa shape index (κ1) is 13.9. The number of hydrogen-bond acceptors (Lipinski definition) is 7. The third-order valence-electron chi connectivity index (χ3n) is 2.98. The molecule has 3 rings (SSSR count). The van der Waals surface area contributed by atoms with E-state index in [9.17, 15) is 0 Å². The van der Waals surface area contributed by atoms with Crippen molar-refractivity contribution in [1.29, 1.82) is 0 Å². The second kappa shape index (κ2) is 5.77. The Hall–Kier alpha value is -2.02. The summed E-state index contributed by atoms with van der Waals surface area (Å²) in [5.74, 6) is 2.35. The summed E-state index contributed by atoms with van der Waals surface area (Å²) in [7, 11) is 0. The van der Waals surface area contributed by atoms with Crippen LogP contribution in [0.15, 0.2) is 20.5 Å². The van der Waals surface area contributed by atoms with Crippen LogP contribution in [0.25, 0.3) is 11.5 Å². The number of nitrogens with zero attached hydrogens (tertiary/aromatic N) is 4. The van der Waals surface area contributed by atoms with Crippen LogP contribution in [-0.2, 0) is 12.8 Å². The van der Waals surface area contributed by atoms with Crippen molar-refractivity contribution < 1.29 is 9.05 Å². The summed E-state index contributed by atoms with van der Waals surface area (Å²) >= 11 is 1.62. The van der Waals surface area contributed by atoms with E-state index in [1.165, 1.54) is 0 Å². The van der Waals surface area contributed by atoms with E-state index in [-0.39, 0.29) is 0 Å². The van der Waals surface area contributed by atoms with E-state index in [1.54, 1.807) is 11.3 Å². The molecule has 0 saturated heterocycles. The van der Waals surface area contributed by atoms with Crippen LogP contribution < -0.4 is 0 Å². The third-order valence-corrected chi connectivity index (χ3v) is 4.13. The van der Waals surface area contributed by atoms with Gasteiger partial charge in [-0.25, -0.2) is 4.98 Å². The molecular weight excluding hydrogens is 288 g/mol. The Balaban J connectivity index is 1.67. The molecule has 21 heavy (non-hydrogen) atoms. The normalized spacial score (nSPS) is 11.4. The molecule has 0 bridgehead atoms. The van der Waals surface area contributed by atoms with Crippen LogP contribution in [0.1, 0.15) is 42.1 Å². The van der Waals surface area contributed by atoms with E-state index in [0.29, 0.717) is 30.5 Å². The van der Waals surface area contributed by atoms with Gasteiger partial charge in [0.05, 0.1) is 10.7 Å². The Labute approximate surface area is 126 Å². The number of thiazole rings is 1. The lowest BCUT2D eigenvalue weighted by Gasteiger charge is -1.95. The monoisotopic (exact) mass is 304 g/mol. The number of rotatable bonds is 5. The lowest BCUT2D eigenvalue weighted by Crippen LogP contribution is -1.92. The fourth-order valence-electron chi connectivity index (χ4n) is 1.89. The van der Waals surface area contributed by atoms with Gasteiger partial charge in [0.2, 0.25) is 11.7 Å². The van der Waals surface area contributed by atoms with Crippen molar-refractivity contribution in [1.82, 2.24) is 20.3 Å². The Bertz CT molecular complexity index is 729. The Morgan fingerprint density at radius 3 is 2.67 bits per heavy atom. The van der Waals surface area contributed by atoms with E-state index in [0.717, 1.165) is 22.2 Å². The standard InChI is InChI=1S/C14H16N4O2S/c1-8(2)14-15-11(7-21-14)13-16-12(20-18-13)5-4-10-6-9(3)19-17-10/h6-8H,4-5H2,1-3H3. The van der Waals surface area contributed by atoms with Gasteiger partial charge in [-0.1, -0.05) is 24.2 Å². The zero-order valence-corrected chi connectivity index (χ0v) is 13.0. The minimum Gasteiger partial charge on any atom is -0.361 e. The Morgan fingerprint density at radius 2 is 2.00 bits per heavy atom. The summed E-state index contributed by atoms with van der Waals surface area (Å²) in [5, 5.41) is 11.0. The summed E-state index contributed by atoms with van der Waals surface area (Å²) in [6, 6.07) is 1.91. The summed E-state index contributed by atoms with van der Waals surface area (Å²) in [6.45, 7) is 6.10. The van der Waals surface area contributed by atoms with Crippen LogP contribution in [-0.4, -0.2) is 20.3 Å². The second-order valence-electron chi connectivity index (χ2n) is 5.17. The van der Waals surface area contributed by atoms with Crippen LogP contribution in [0.4, 0.5) is 0 Å². The van der Waals surface area contributed by atoms with Crippen molar-refractivity contribution >= 4 is 11.3 Å². The highest BCUT2D eigenvalue weighted by Crippen LogP contribution is 2.24. The van der Waals surface area contributed by atoms with Gasteiger partial charge in [0.15, 0.2) is 0 Å². The van der Waals surface area contributed by atoms with Gasteiger partial charge in [0.25, 0.3) is 0 Å². The molecule has 0 aromatic carbocycles. The zero-order chi connectivity index (χ0) is 14.8. The van der Waals surface area contributed by atoms with E-state index in [4.69, 9.17) is 9.05 Å². The molecule has 6 nitrogen and oxygen atoms in total. The van der Waals surface area contributed by atoms with Gasteiger partial charge in [-0.2, -0.15) is 4.98 Å². The van der Waals surface area contributed by atoms with Gasteiger partial charge < -0.3 is 9.05 Å². The molecule has 0 aliphatic carbocycles. The van der Waals surface area contributed by atoms with E-state index < -0.39 is 0 Å². The van der Waals surface area contributed by atoms with E-state index in [1.807, 2.05) is 18.4 Å².